The summed E-state index contributed by atoms with van der Waals surface area (Å²) in [5, 5.41) is 2.04. The maximum absolute atomic E-state index is 6.87. The number of fused-ring (bicyclic) bond motifs is 10. The molecule has 4 aliphatic rings. The van der Waals surface area contributed by atoms with E-state index in [1.807, 2.05) is 18.2 Å². The summed E-state index contributed by atoms with van der Waals surface area (Å²) in [5.41, 5.74) is 2.36. The van der Waals surface area contributed by atoms with Crippen molar-refractivity contribution in [3.8, 4) is 23.0 Å². The third-order valence-electron chi connectivity index (χ3n) is 7.80. The van der Waals surface area contributed by atoms with Gasteiger partial charge in [-0.25, -0.2) is 0 Å². The van der Waals surface area contributed by atoms with E-state index in [0.717, 1.165) is 39.3 Å². The Hall–Kier alpha value is -3.14. The maximum atomic E-state index is 6.87. The van der Waals surface area contributed by atoms with Crippen LogP contribution in [0.25, 0.3) is 10.8 Å². The lowest BCUT2D eigenvalue weighted by molar-refractivity contribution is -0.163. The first-order valence-corrected chi connectivity index (χ1v) is 11.0. The highest BCUT2D eigenvalue weighted by atomic mass is 16.7. The molecule has 0 saturated heterocycles. The Bertz CT molecular complexity index is 1210. The standard InChI is InChI=1S/C27H24O4/c1-28-24-17-7-3-4-8-18(17)25(29-2)26-20(24)14-27(31-26)23-16-12-11-15(13-16)22(23)19-9-5-6-10-21(19)30-27/h3-12,15-16,22-23H,13-14H2,1-2H3/t15-,16+,22-,23-,27+/m1/s1. The molecule has 31 heavy (non-hydrogen) atoms. The molecular formula is C27H24O4. The normalized spacial score (nSPS) is 31.2. The summed E-state index contributed by atoms with van der Waals surface area (Å²) in [7, 11) is 3.45. The predicted octanol–water partition coefficient (Wildman–Crippen LogP) is 5.49. The summed E-state index contributed by atoms with van der Waals surface area (Å²) in [6.45, 7) is 0. The van der Waals surface area contributed by atoms with Crippen LogP contribution in [0.2, 0.25) is 0 Å². The average molecular weight is 412 g/mol. The van der Waals surface area contributed by atoms with Crippen LogP contribution >= 0.6 is 0 Å². The molecule has 2 bridgehead atoms. The van der Waals surface area contributed by atoms with Gasteiger partial charge in [0.1, 0.15) is 11.5 Å². The maximum Gasteiger partial charge on any atom is 0.259 e. The molecule has 4 nitrogen and oxygen atoms in total. The van der Waals surface area contributed by atoms with E-state index in [4.69, 9.17) is 18.9 Å². The molecule has 5 atom stereocenters. The minimum atomic E-state index is -0.747. The minimum Gasteiger partial charge on any atom is -0.496 e. The highest BCUT2D eigenvalue weighted by Crippen LogP contribution is 2.65. The van der Waals surface area contributed by atoms with Crippen molar-refractivity contribution in [3.63, 3.8) is 0 Å². The van der Waals surface area contributed by atoms with Crippen LogP contribution in [-0.4, -0.2) is 20.0 Å². The monoisotopic (exact) mass is 412 g/mol. The Morgan fingerprint density at radius 1 is 0.839 bits per heavy atom. The molecular weight excluding hydrogens is 388 g/mol. The molecule has 2 aliphatic carbocycles. The van der Waals surface area contributed by atoms with Gasteiger partial charge in [0.05, 0.1) is 26.6 Å². The molecule has 0 aromatic heterocycles. The molecule has 0 amide bonds. The average Bonchev–Trinajstić information content (AvgIpc) is 3.51. The summed E-state index contributed by atoms with van der Waals surface area (Å²) in [5.74, 6) is 4.28. The van der Waals surface area contributed by atoms with Gasteiger partial charge in [0.25, 0.3) is 5.79 Å². The molecule has 0 unspecified atom stereocenters. The third kappa shape index (κ3) is 2.10. The largest absolute Gasteiger partial charge is 0.496 e. The van der Waals surface area contributed by atoms with E-state index >= 15 is 0 Å². The summed E-state index contributed by atoms with van der Waals surface area (Å²) in [6, 6.07) is 16.7. The van der Waals surface area contributed by atoms with Gasteiger partial charge in [0, 0.05) is 22.3 Å². The first kappa shape index (κ1) is 17.5. The van der Waals surface area contributed by atoms with E-state index in [1.165, 1.54) is 12.0 Å². The second-order valence-corrected chi connectivity index (χ2v) is 9.15. The third-order valence-corrected chi connectivity index (χ3v) is 7.80. The topological polar surface area (TPSA) is 36.9 Å². The van der Waals surface area contributed by atoms with Gasteiger partial charge >= 0.3 is 0 Å². The van der Waals surface area contributed by atoms with Crippen molar-refractivity contribution >= 4 is 10.8 Å². The first-order chi connectivity index (χ1) is 15.2. The van der Waals surface area contributed by atoms with Crippen molar-refractivity contribution in [2.75, 3.05) is 14.2 Å². The van der Waals surface area contributed by atoms with Crippen molar-refractivity contribution in [1.29, 1.82) is 0 Å². The summed E-state index contributed by atoms with van der Waals surface area (Å²) in [4.78, 5) is 0. The highest BCUT2D eigenvalue weighted by molar-refractivity contribution is 5.97. The number of methoxy groups -OCH3 is 2. The van der Waals surface area contributed by atoms with Crippen molar-refractivity contribution in [3.05, 3.63) is 71.8 Å². The number of hydrogen-bond donors (Lipinski definition) is 0. The van der Waals surface area contributed by atoms with Crippen molar-refractivity contribution in [2.24, 2.45) is 17.8 Å². The second-order valence-electron chi connectivity index (χ2n) is 9.15. The van der Waals surface area contributed by atoms with Gasteiger partial charge < -0.3 is 18.9 Å². The van der Waals surface area contributed by atoms with Crippen molar-refractivity contribution in [2.45, 2.75) is 24.5 Å². The van der Waals surface area contributed by atoms with E-state index in [-0.39, 0.29) is 5.92 Å². The van der Waals surface area contributed by atoms with Gasteiger partial charge in [0.2, 0.25) is 0 Å². The van der Waals surface area contributed by atoms with Gasteiger partial charge in [-0.15, -0.1) is 0 Å². The van der Waals surface area contributed by atoms with Crippen LogP contribution in [0.15, 0.2) is 60.7 Å². The van der Waals surface area contributed by atoms with Crippen LogP contribution in [0.3, 0.4) is 0 Å². The lowest BCUT2D eigenvalue weighted by Crippen LogP contribution is -2.54. The SMILES string of the molecule is COc1c2c(c(OC)c3ccccc13)O[C@]1(C2)Oc2ccccc2[C@@H]2[C@H]1[C@H]1C=C[C@@H]2C1. The molecule has 2 aliphatic heterocycles. The minimum absolute atomic E-state index is 0.266. The zero-order chi connectivity index (χ0) is 20.7. The molecule has 2 heterocycles. The van der Waals surface area contributed by atoms with Crippen LogP contribution in [-0.2, 0) is 6.42 Å². The van der Waals surface area contributed by atoms with Crippen molar-refractivity contribution < 1.29 is 18.9 Å². The fourth-order valence-corrected chi connectivity index (χ4v) is 6.76. The van der Waals surface area contributed by atoms with E-state index in [9.17, 15) is 0 Å². The lowest BCUT2D eigenvalue weighted by Gasteiger charge is -2.46. The number of hydrogen-bond acceptors (Lipinski definition) is 4. The van der Waals surface area contributed by atoms with Gasteiger partial charge in [-0.3, -0.25) is 0 Å². The van der Waals surface area contributed by atoms with Gasteiger partial charge in [0.15, 0.2) is 11.5 Å². The molecule has 0 N–H and O–H groups in total. The fourth-order valence-electron chi connectivity index (χ4n) is 6.76. The molecule has 3 aromatic rings. The van der Waals surface area contributed by atoms with E-state index in [1.54, 1.807) is 14.2 Å². The summed E-state index contributed by atoms with van der Waals surface area (Å²) >= 11 is 0. The van der Waals surface area contributed by atoms with Crippen molar-refractivity contribution in [1.82, 2.24) is 0 Å². The van der Waals surface area contributed by atoms with Gasteiger partial charge in [-0.1, -0.05) is 54.6 Å². The molecule has 3 aromatic carbocycles. The smallest absolute Gasteiger partial charge is 0.259 e. The van der Waals surface area contributed by atoms with Gasteiger partial charge in [-0.05, 0) is 29.9 Å². The molecule has 0 radical (unpaired) electrons. The van der Waals surface area contributed by atoms with E-state index < -0.39 is 5.79 Å². The fraction of sp³-hybridized carbons (Fsp3) is 0.333. The van der Waals surface area contributed by atoms with Crippen LogP contribution in [0.5, 0.6) is 23.0 Å². The number of benzene rings is 3. The van der Waals surface area contributed by atoms with E-state index in [0.29, 0.717) is 24.2 Å². The van der Waals surface area contributed by atoms with Crippen LogP contribution < -0.4 is 18.9 Å². The highest BCUT2D eigenvalue weighted by Gasteiger charge is 2.63. The Labute approximate surface area is 181 Å². The Kier molecular flexibility index (Phi) is 3.38. The molecule has 1 spiro atoms. The number of rotatable bonds is 2. The molecule has 156 valence electrons. The quantitative estimate of drug-likeness (QED) is 0.522. The van der Waals surface area contributed by atoms with Crippen LogP contribution in [0.1, 0.15) is 23.5 Å². The van der Waals surface area contributed by atoms with Gasteiger partial charge in [-0.2, -0.15) is 0 Å². The number of allylic oxidation sites excluding steroid dienone is 2. The van der Waals surface area contributed by atoms with E-state index in [2.05, 4.69) is 42.5 Å². The predicted molar refractivity (Wildman–Crippen MR) is 118 cm³/mol. The Morgan fingerprint density at radius 3 is 2.35 bits per heavy atom. The lowest BCUT2D eigenvalue weighted by atomic mass is 9.71. The number of para-hydroxylation sites is 1. The molecule has 4 heteroatoms. The zero-order valence-electron chi connectivity index (χ0n) is 17.6. The molecule has 1 saturated carbocycles. The van der Waals surface area contributed by atoms with Crippen LogP contribution in [0, 0.1) is 17.8 Å². The Balaban J connectivity index is 1.46. The first-order valence-electron chi connectivity index (χ1n) is 11.0. The van der Waals surface area contributed by atoms with Crippen LogP contribution in [0.4, 0.5) is 0 Å². The zero-order valence-corrected chi connectivity index (χ0v) is 17.6. The second kappa shape index (κ2) is 5.97. The summed E-state index contributed by atoms with van der Waals surface area (Å²) < 4.78 is 25.5. The molecule has 7 rings (SSSR count). The summed E-state index contributed by atoms with van der Waals surface area (Å²) in [6.07, 6.45) is 6.60. The Morgan fingerprint density at radius 2 is 1.55 bits per heavy atom. The number of ether oxygens (including phenoxy) is 4. The molecule has 1 fully saturated rings.